The van der Waals surface area contributed by atoms with Crippen molar-refractivity contribution in [2.24, 2.45) is 11.8 Å². The predicted molar refractivity (Wildman–Crippen MR) is 149 cm³/mol. The van der Waals surface area contributed by atoms with Crippen LogP contribution in [0.4, 0.5) is 5.82 Å². The molecule has 0 saturated heterocycles. The fraction of sp³-hybridized carbons (Fsp3) is 0.593. The number of unbranched alkanes of at least 4 members (excludes halogenated alkanes) is 1. The molecule has 214 valence electrons. The molecule has 3 aromatic rings. The first-order chi connectivity index (χ1) is 18.6. The average Bonchev–Trinajstić information content (AvgIpc) is 3.30. The van der Waals surface area contributed by atoms with Crippen LogP contribution in [0.25, 0.3) is 16.7 Å². The summed E-state index contributed by atoms with van der Waals surface area (Å²) in [4.78, 5) is 29.7. The zero-order chi connectivity index (χ0) is 28.5. The van der Waals surface area contributed by atoms with E-state index in [0.29, 0.717) is 43.5 Å². The van der Waals surface area contributed by atoms with Gasteiger partial charge in [-0.15, -0.1) is 10.2 Å². The Balaban J connectivity index is 1.56. The van der Waals surface area contributed by atoms with Crippen molar-refractivity contribution in [1.29, 1.82) is 0 Å². The number of benzene rings is 1. The number of ether oxygens (including phenoxy) is 2. The number of aliphatic hydroxyl groups excluding tert-OH is 1. The van der Waals surface area contributed by atoms with E-state index in [-0.39, 0.29) is 17.7 Å². The van der Waals surface area contributed by atoms with E-state index in [0.717, 1.165) is 29.7 Å². The minimum absolute atomic E-state index is 0.117. The number of hydrogen-bond acceptors (Lipinski definition) is 9. The molecule has 12 heteroatoms. The number of aromatic nitrogens is 4. The molecule has 4 N–H and O–H groups in total. The highest BCUT2D eigenvalue weighted by atomic mass is 16.5. The third-order valence-corrected chi connectivity index (χ3v) is 6.36. The van der Waals surface area contributed by atoms with Crippen molar-refractivity contribution in [2.75, 3.05) is 38.7 Å². The van der Waals surface area contributed by atoms with Gasteiger partial charge in [-0.2, -0.15) is 0 Å². The first-order valence-corrected chi connectivity index (χ1v) is 13.4. The number of aryl methyl sites for hydroxylation is 1. The quantitative estimate of drug-likeness (QED) is 0.211. The minimum atomic E-state index is -1.15. The molecule has 3 rings (SSSR count). The highest BCUT2D eigenvalue weighted by Gasteiger charge is 2.28. The van der Waals surface area contributed by atoms with Gasteiger partial charge in [0.2, 0.25) is 17.5 Å². The number of hydrogen-bond donors (Lipinski definition) is 4. The maximum Gasteiger partial charge on any atom is 0.249 e. The molecule has 0 bridgehead atoms. The first kappa shape index (κ1) is 30.0. The lowest BCUT2D eigenvalue weighted by Gasteiger charge is -2.24. The Morgan fingerprint density at radius 2 is 1.77 bits per heavy atom. The van der Waals surface area contributed by atoms with Crippen molar-refractivity contribution in [3.05, 3.63) is 24.0 Å². The number of rotatable bonds is 15. The van der Waals surface area contributed by atoms with Crippen LogP contribution >= 0.6 is 0 Å². The lowest BCUT2D eigenvalue weighted by atomic mass is 10.0. The second kappa shape index (κ2) is 14.0. The molecule has 0 fully saturated rings. The van der Waals surface area contributed by atoms with Crippen LogP contribution in [0.1, 0.15) is 46.4 Å². The van der Waals surface area contributed by atoms with Crippen molar-refractivity contribution in [3.63, 3.8) is 0 Å². The summed E-state index contributed by atoms with van der Waals surface area (Å²) in [6.45, 7) is 11.1. The van der Waals surface area contributed by atoms with E-state index in [1.807, 2.05) is 43.4 Å². The van der Waals surface area contributed by atoms with Crippen molar-refractivity contribution in [2.45, 2.75) is 59.6 Å². The molecule has 2 atom stereocenters. The number of nitrogens with one attached hydrogen (secondary N) is 3. The lowest BCUT2D eigenvalue weighted by molar-refractivity contribution is -0.136. The number of methoxy groups -OCH3 is 1. The Hall–Kier alpha value is -3.51. The molecule has 0 aliphatic rings. The van der Waals surface area contributed by atoms with Crippen LogP contribution in [0, 0.1) is 18.8 Å². The molecule has 0 radical (unpaired) electrons. The lowest BCUT2D eigenvalue weighted by Crippen LogP contribution is -2.53. The van der Waals surface area contributed by atoms with Crippen LogP contribution in [0.3, 0.4) is 0 Å². The molecule has 2 heterocycles. The summed E-state index contributed by atoms with van der Waals surface area (Å²) >= 11 is 0. The molecule has 0 aliphatic heterocycles. The number of carbonyl (C=O) groups excluding carboxylic acids is 2. The fourth-order valence-corrected chi connectivity index (χ4v) is 4.06. The van der Waals surface area contributed by atoms with E-state index in [2.05, 4.69) is 26.1 Å². The topological polar surface area (TPSA) is 152 Å². The van der Waals surface area contributed by atoms with Gasteiger partial charge in [-0.25, -0.2) is 4.98 Å². The maximum absolute atomic E-state index is 12.7. The highest BCUT2D eigenvalue weighted by Crippen LogP contribution is 2.25. The van der Waals surface area contributed by atoms with E-state index in [1.165, 1.54) is 0 Å². The summed E-state index contributed by atoms with van der Waals surface area (Å²) in [6, 6.07) is 5.01. The van der Waals surface area contributed by atoms with Crippen LogP contribution in [0.2, 0.25) is 0 Å². The van der Waals surface area contributed by atoms with Crippen LogP contribution in [0.5, 0.6) is 5.75 Å². The number of amides is 2. The van der Waals surface area contributed by atoms with Crippen LogP contribution in [-0.4, -0.2) is 82.1 Å². The van der Waals surface area contributed by atoms with E-state index >= 15 is 0 Å². The fourth-order valence-electron chi connectivity index (χ4n) is 4.06. The molecule has 2 aromatic heterocycles. The average molecular weight is 544 g/mol. The van der Waals surface area contributed by atoms with Crippen molar-refractivity contribution < 1.29 is 24.2 Å². The van der Waals surface area contributed by atoms with Gasteiger partial charge in [0, 0.05) is 26.3 Å². The Morgan fingerprint density at radius 1 is 1.03 bits per heavy atom. The van der Waals surface area contributed by atoms with Crippen molar-refractivity contribution >= 4 is 34.3 Å². The number of aliphatic hydroxyl groups is 1. The number of fused-ring (bicyclic) bond motifs is 3. The SMILES string of the molecule is COCCOc1ccc2c(c1)nc(NCCCCNC(=O)[C@@H](NC(=O)[C@@H](O)C(C)C)C(C)C)c1nnc(C)n12. The van der Waals surface area contributed by atoms with Crippen LogP contribution in [-0.2, 0) is 14.3 Å². The monoisotopic (exact) mass is 543 g/mol. The predicted octanol–water partition coefficient (Wildman–Crippen LogP) is 2.08. The summed E-state index contributed by atoms with van der Waals surface area (Å²) < 4.78 is 12.8. The van der Waals surface area contributed by atoms with Crippen LogP contribution < -0.4 is 20.7 Å². The molecule has 39 heavy (non-hydrogen) atoms. The standard InChI is InChI=1S/C27H41N7O5/c1-16(2)22(31-27(37)23(35)17(3)4)26(36)29-12-8-7-11-28-24-25-33-32-18(5)34(25)21-10-9-19(15-20(21)30-24)39-14-13-38-6/h9-10,15-17,22-23,35H,7-8,11-14H2,1-6H3,(H,28,30)(H,29,36)(H,31,37)/t22-,23-/m0/s1. The van der Waals surface area contributed by atoms with Gasteiger partial charge in [0.15, 0.2) is 5.82 Å². The largest absolute Gasteiger partial charge is 0.491 e. The first-order valence-electron chi connectivity index (χ1n) is 13.4. The summed E-state index contributed by atoms with van der Waals surface area (Å²) in [5.74, 6) is 0.931. The van der Waals surface area contributed by atoms with E-state index in [1.54, 1.807) is 21.0 Å². The summed E-state index contributed by atoms with van der Waals surface area (Å²) in [7, 11) is 1.63. The van der Waals surface area contributed by atoms with Crippen molar-refractivity contribution in [1.82, 2.24) is 30.2 Å². The second-order valence-corrected chi connectivity index (χ2v) is 10.2. The Bertz CT molecular complexity index is 1260. The third-order valence-electron chi connectivity index (χ3n) is 6.36. The maximum atomic E-state index is 12.7. The number of anilines is 1. The number of nitrogens with zero attached hydrogens (tertiary/aromatic N) is 4. The normalized spacial score (nSPS) is 13.2. The van der Waals surface area contributed by atoms with E-state index < -0.39 is 18.1 Å². The van der Waals surface area contributed by atoms with E-state index in [4.69, 9.17) is 14.5 Å². The molecule has 2 amide bonds. The molecular weight excluding hydrogens is 502 g/mol. The van der Waals surface area contributed by atoms with Gasteiger partial charge in [0.1, 0.15) is 30.3 Å². The van der Waals surface area contributed by atoms with Gasteiger partial charge < -0.3 is 30.5 Å². The number of carbonyl (C=O) groups is 2. The summed E-state index contributed by atoms with van der Waals surface area (Å²) in [6.07, 6.45) is 0.341. The zero-order valence-corrected chi connectivity index (χ0v) is 23.7. The Kier molecular flexibility index (Phi) is 10.8. The van der Waals surface area contributed by atoms with Gasteiger partial charge in [-0.3, -0.25) is 14.0 Å². The molecule has 0 saturated carbocycles. The Morgan fingerprint density at radius 3 is 2.46 bits per heavy atom. The molecule has 1 aromatic carbocycles. The van der Waals surface area contributed by atoms with Crippen LogP contribution in [0.15, 0.2) is 18.2 Å². The minimum Gasteiger partial charge on any atom is -0.491 e. The molecule has 12 nitrogen and oxygen atoms in total. The highest BCUT2D eigenvalue weighted by molar-refractivity contribution is 5.89. The summed E-state index contributed by atoms with van der Waals surface area (Å²) in [5.41, 5.74) is 2.27. The van der Waals surface area contributed by atoms with Gasteiger partial charge in [0.25, 0.3) is 0 Å². The van der Waals surface area contributed by atoms with Gasteiger partial charge in [0.05, 0.1) is 17.6 Å². The summed E-state index contributed by atoms with van der Waals surface area (Å²) in [5, 5.41) is 27.4. The smallest absolute Gasteiger partial charge is 0.249 e. The molecule has 0 spiro atoms. The Labute approximate surface area is 228 Å². The molecule has 0 unspecified atom stereocenters. The third kappa shape index (κ3) is 7.76. The van der Waals surface area contributed by atoms with E-state index in [9.17, 15) is 14.7 Å². The van der Waals surface area contributed by atoms with Gasteiger partial charge in [-0.1, -0.05) is 27.7 Å². The molecular formula is C27H41N7O5. The van der Waals surface area contributed by atoms with Gasteiger partial charge in [-0.05, 0) is 43.7 Å². The molecule has 0 aliphatic carbocycles. The zero-order valence-electron chi connectivity index (χ0n) is 23.7. The van der Waals surface area contributed by atoms with Gasteiger partial charge >= 0.3 is 0 Å². The van der Waals surface area contributed by atoms with Crippen molar-refractivity contribution in [3.8, 4) is 5.75 Å². The second-order valence-electron chi connectivity index (χ2n) is 10.2.